The Balaban J connectivity index is 1.23. The molecular weight excluding hydrogens is 527 g/mol. The minimum Gasteiger partial charge on any atom is -0.295 e. The van der Waals surface area contributed by atoms with Crippen LogP contribution in [0, 0.1) is 34.0 Å². The van der Waals surface area contributed by atoms with Crippen molar-refractivity contribution in [3.05, 3.63) is 11.6 Å². The summed E-state index contributed by atoms with van der Waals surface area (Å²) in [6, 6.07) is 0. The van der Waals surface area contributed by atoms with E-state index in [0.29, 0.717) is 29.3 Å². The number of carbonyl (C=O) groups excluding carboxylic acids is 1. The van der Waals surface area contributed by atoms with E-state index in [4.69, 9.17) is 0 Å². The van der Waals surface area contributed by atoms with Crippen LogP contribution in [0.3, 0.4) is 0 Å². The van der Waals surface area contributed by atoms with Gasteiger partial charge in [-0.15, -0.1) is 0 Å². The van der Waals surface area contributed by atoms with Gasteiger partial charge in [-0.3, -0.25) is 4.79 Å². The van der Waals surface area contributed by atoms with Crippen LogP contribution in [0.15, 0.2) is 11.6 Å². The van der Waals surface area contributed by atoms with Gasteiger partial charge in [-0.2, -0.15) is 33.7 Å². The zero-order chi connectivity index (χ0) is 28.5. The third kappa shape index (κ3) is 6.58. The molecule has 6 atom stereocenters. The lowest BCUT2D eigenvalue weighted by molar-refractivity contribution is -0.284. The van der Waals surface area contributed by atoms with Crippen molar-refractivity contribution in [2.45, 2.75) is 136 Å². The molecule has 0 bridgehead atoms. The smallest absolute Gasteiger partial charge is 0.295 e. The average Bonchev–Trinajstić information content (AvgIpc) is 3.24. The van der Waals surface area contributed by atoms with Gasteiger partial charge in [0.1, 0.15) is 0 Å². The standard InChI is InChI=1S/C32H49F5OS/c1-28-15-9-11-25(28)27-26(13-17-28)30(3)18-12-24(38)21-23(30)22-29(27,2)14-7-5-4-6-8-19-39-20-10-16-31(33,34)32(35,36)37/h21,25-27H,4-20,22H2,1-3H3/t25-,26-,27-,28-,29-,30-/m0/s1. The molecule has 0 amide bonds. The van der Waals surface area contributed by atoms with Gasteiger partial charge in [0.05, 0.1) is 0 Å². The Hall–Kier alpha value is -0.590. The first-order chi connectivity index (χ1) is 18.2. The predicted octanol–water partition coefficient (Wildman–Crippen LogP) is 10.6. The van der Waals surface area contributed by atoms with Gasteiger partial charge in [-0.1, -0.05) is 58.4 Å². The number of hydrogen-bond donors (Lipinski definition) is 0. The van der Waals surface area contributed by atoms with Gasteiger partial charge in [0.25, 0.3) is 0 Å². The van der Waals surface area contributed by atoms with Crippen molar-refractivity contribution in [1.29, 1.82) is 0 Å². The summed E-state index contributed by atoms with van der Waals surface area (Å²) in [6.45, 7) is 7.56. The van der Waals surface area contributed by atoms with Crippen LogP contribution in [0.5, 0.6) is 0 Å². The fraction of sp³-hybridized carbons (Fsp3) is 0.906. The van der Waals surface area contributed by atoms with Crippen LogP contribution >= 0.6 is 11.8 Å². The molecule has 224 valence electrons. The number of thioether (sulfide) groups is 1. The fourth-order valence-corrected chi connectivity index (χ4v) is 10.1. The van der Waals surface area contributed by atoms with Crippen molar-refractivity contribution in [1.82, 2.24) is 0 Å². The molecule has 0 aromatic rings. The molecule has 0 saturated heterocycles. The third-order valence-corrected chi connectivity index (χ3v) is 12.6. The number of ketones is 1. The molecule has 0 heterocycles. The van der Waals surface area contributed by atoms with Gasteiger partial charge in [-0.05, 0) is 109 Å². The zero-order valence-electron chi connectivity index (χ0n) is 24.2. The summed E-state index contributed by atoms with van der Waals surface area (Å²) in [4.78, 5) is 12.4. The molecule has 0 unspecified atom stereocenters. The Morgan fingerprint density at radius 1 is 0.872 bits per heavy atom. The number of alkyl halides is 5. The van der Waals surface area contributed by atoms with Crippen molar-refractivity contribution >= 4 is 17.5 Å². The fourth-order valence-electron chi connectivity index (χ4n) is 9.18. The van der Waals surface area contributed by atoms with Gasteiger partial charge >= 0.3 is 12.1 Å². The van der Waals surface area contributed by atoms with Crippen LogP contribution in [0.2, 0.25) is 0 Å². The largest absolute Gasteiger partial charge is 0.453 e. The van der Waals surface area contributed by atoms with E-state index in [2.05, 4.69) is 20.8 Å². The van der Waals surface area contributed by atoms with E-state index in [0.717, 1.165) is 49.7 Å². The summed E-state index contributed by atoms with van der Waals surface area (Å²) in [6.07, 6.45) is 11.7. The molecule has 4 rings (SSSR count). The molecule has 0 radical (unpaired) electrons. The Labute approximate surface area is 236 Å². The molecule has 0 aromatic carbocycles. The molecule has 7 heteroatoms. The van der Waals surface area contributed by atoms with E-state index in [9.17, 15) is 26.7 Å². The number of fused-ring (bicyclic) bond motifs is 5. The number of halogens is 5. The summed E-state index contributed by atoms with van der Waals surface area (Å²) in [5.41, 5.74) is 2.38. The molecule has 3 fully saturated rings. The number of rotatable bonds is 12. The Morgan fingerprint density at radius 2 is 1.56 bits per heavy atom. The highest BCUT2D eigenvalue weighted by Crippen LogP contribution is 2.70. The van der Waals surface area contributed by atoms with Crippen molar-refractivity contribution in [3.8, 4) is 0 Å². The Bertz CT molecular complexity index is 899. The zero-order valence-corrected chi connectivity index (χ0v) is 25.1. The second-order valence-corrected chi connectivity index (χ2v) is 15.4. The maximum Gasteiger partial charge on any atom is 0.453 e. The summed E-state index contributed by atoms with van der Waals surface area (Å²) < 4.78 is 62.7. The molecular formula is C32H49F5OS. The molecule has 1 nitrogen and oxygen atoms in total. The van der Waals surface area contributed by atoms with E-state index in [1.165, 1.54) is 68.7 Å². The second kappa shape index (κ2) is 12.0. The topological polar surface area (TPSA) is 17.1 Å². The van der Waals surface area contributed by atoms with Crippen molar-refractivity contribution in [2.24, 2.45) is 34.0 Å². The highest BCUT2D eigenvalue weighted by atomic mass is 32.2. The SMILES string of the molecule is C[C@]1(CCCCCCCSCCCC(F)(F)C(F)(F)F)CC2=CC(=O)CC[C@]2(C)[C@H]2CC[C@]3(C)CCC[C@H]3[C@@H]21. The van der Waals surface area contributed by atoms with Crippen molar-refractivity contribution in [2.75, 3.05) is 11.5 Å². The lowest BCUT2D eigenvalue weighted by atomic mass is 9.41. The molecule has 0 aliphatic heterocycles. The van der Waals surface area contributed by atoms with Gasteiger partial charge in [-0.25, -0.2) is 0 Å². The molecule has 4 aliphatic carbocycles. The lowest BCUT2D eigenvalue weighted by Crippen LogP contribution is -2.56. The maximum atomic E-state index is 13.0. The first-order valence-electron chi connectivity index (χ1n) is 15.5. The lowest BCUT2D eigenvalue weighted by Gasteiger charge is -2.63. The van der Waals surface area contributed by atoms with Gasteiger partial charge < -0.3 is 0 Å². The van der Waals surface area contributed by atoms with Crippen LogP contribution in [-0.4, -0.2) is 29.4 Å². The first kappa shape index (κ1) is 31.3. The van der Waals surface area contributed by atoms with Crippen molar-refractivity contribution < 1.29 is 26.7 Å². The molecule has 3 saturated carbocycles. The molecule has 39 heavy (non-hydrogen) atoms. The van der Waals surface area contributed by atoms with Crippen LogP contribution in [0.1, 0.15) is 124 Å². The quantitative estimate of drug-likeness (QED) is 0.170. The Morgan fingerprint density at radius 3 is 2.31 bits per heavy atom. The summed E-state index contributed by atoms with van der Waals surface area (Å²) >= 11 is 1.49. The highest BCUT2D eigenvalue weighted by molar-refractivity contribution is 7.99. The number of hydrogen-bond acceptors (Lipinski definition) is 2. The number of unbranched alkanes of at least 4 members (excludes halogenated alkanes) is 4. The molecule has 0 N–H and O–H groups in total. The highest BCUT2D eigenvalue weighted by Gasteiger charge is 2.62. The van der Waals surface area contributed by atoms with Crippen LogP contribution < -0.4 is 0 Å². The van der Waals surface area contributed by atoms with E-state index in [1.54, 1.807) is 0 Å². The van der Waals surface area contributed by atoms with E-state index < -0.39 is 18.5 Å². The molecule has 0 spiro atoms. The predicted molar refractivity (Wildman–Crippen MR) is 150 cm³/mol. The van der Waals surface area contributed by atoms with E-state index in [-0.39, 0.29) is 17.3 Å². The average molecular weight is 577 g/mol. The van der Waals surface area contributed by atoms with E-state index in [1.807, 2.05) is 6.08 Å². The monoisotopic (exact) mass is 576 g/mol. The summed E-state index contributed by atoms with van der Waals surface area (Å²) in [5.74, 6) is -0.834. The summed E-state index contributed by atoms with van der Waals surface area (Å²) in [5, 5.41) is 0. The van der Waals surface area contributed by atoms with Crippen LogP contribution in [0.25, 0.3) is 0 Å². The minimum atomic E-state index is -5.44. The van der Waals surface area contributed by atoms with E-state index >= 15 is 0 Å². The molecule has 0 aromatic heterocycles. The van der Waals surface area contributed by atoms with Crippen LogP contribution in [0.4, 0.5) is 22.0 Å². The van der Waals surface area contributed by atoms with Gasteiger partial charge in [0.15, 0.2) is 5.78 Å². The van der Waals surface area contributed by atoms with Gasteiger partial charge in [0, 0.05) is 12.8 Å². The minimum absolute atomic E-state index is 0.112. The third-order valence-electron chi connectivity index (χ3n) is 11.5. The van der Waals surface area contributed by atoms with Crippen LogP contribution in [-0.2, 0) is 4.79 Å². The second-order valence-electron chi connectivity index (χ2n) is 14.1. The number of allylic oxidation sites excluding steroid dienone is 1. The van der Waals surface area contributed by atoms with Gasteiger partial charge in [0.2, 0.25) is 0 Å². The normalized spacial score (nSPS) is 36.8. The first-order valence-corrected chi connectivity index (χ1v) is 16.6. The number of carbonyl (C=O) groups is 1. The Kier molecular flexibility index (Phi) is 9.61. The summed E-state index contributed by atoms with van der Waals surface area (Å²) in [7, 11) is 0. The maximum absolute atomic E-state index is 13.0. The van der Waals surface area contributed by atoms with Crippen molar-refractivity contribution in [3.63, 3.8) is 0 Å². The molecule has 4 aliphatic rings.